The fraction of sp³-hybridized carbons (Fsp3) is 0.435. The van der Waals surface area contributed by atoms with Crippen LogP contribution in [-0.4, -0.2) is 71.5 Å². The maximum absolute atomic E-state index is 6.03. The van der Waals surface area contributed by atoms with Crippen molar-refractivity contribution in [1.29, 1.82) is 0 Å². The highest BCUT2D eigenvalue weighted by molar-refractivity contribution is 5.92. The van der Waals surface area contributed by atoms with Gasteiger partial charge in [-0.1, -0.05) is 0 Å². The van der Waals surface area contributed by atoms with E-state index in [4.69, 9.17) is 19.9 Å². The smallest absolute Gasteiger partial charge is 0.193 e. The quantitative estimate of drug-likeness (QED) is 0.362. The van der Waals surface area contributed by atoms with Gasteiger partial charge in [0, 0.05) is 56.7 Å². The molecule has 0 aromatic heterocycles. The van der Waals surface area contributed by atoms with Crippen LogP contribution in [0.4, 0.5) is 11.4 Å². The van der Waals surface area contributed by atoms with E-state index < -0.39 is 0 Å². The highest BCUT2D eigenvalue weighted by Gasteiger charge is 2.16. The largest absolute Gasteiger partial charge is 0.497 e. The number of aliphatic imine (C=N–C) groups is 1. The second-order valence-corrected chi connectivity index (χ2v) is 7.34. The van der Waals surface area contributed by atoms with Crippen LogP contribution in [-0.2, 0) is 0 Å². The summed E-state index contributed by atoms with van der Waals surface area (Å²) in [6, 6.07) is 13.8. The highest BCUT2D eigenvalue weighted by Crippen LogP contribution is 2.29. The lowest BCUT2D eigenvalue weighted by atomic mass is 10.2. The third kappa shape index (κ3) is 6.42. The van der Waals surface area contributed by atoms with Gasteiger partial charge in [0.1, 0.15) is 5.75 Å². The van der Waals surface area contributed by atoms with Crippen molar-refractivity contribution in [3.8, 4) is 17.2 Å². The van der Waals surface area contributed by atoms with Crippen molar-refractivity contribution in [2.75, 3.05) is 70.8 Å². The Bertz CT molecular complexity index is 849. The average Bonchev–Trinajstić information content (AvgIpc) is 2.82. The third-order valence-electron chi connectivity index (χ3n) is 5.38. The molecule has 2 aromatic carbocycles. The summed E-state index contributed by atoms with van der Waals surface area (Å²) in [6.45, 7) is 5.86. The van der Waals surface area contributed by atoms with Crippen LogP contribution >= 0.6 is 0 Å². The van der Waals surface area contributed by atoms with Crippen molar-refractivity contribution < 1.29 is 14.2 Å². The number of rotatable bonds is 9. The first-order valence-corrected chi connectivity index (χ1v) is 10.5. The number of hydrogen-bond donors (Lipinski definition) is 2. The molecule has 0 saturated carbocycles. The van der Waals surface area contributed by atoms with E-state index >= 15 is 0 Å². The Morgan fingerprint density at radius 2 is 1.65 bits per heavy atom. The molecule has 8 heteroatoms. The minimum atomic E-state index is 0.400. The van der Waals surface area contributed by atoms with Crippen molar-refractivity contribution in [1.82, 2.24) is 4.90 Å². The summed E-state index contributed by atoms with van der Waals surface area (Å²) in [5.41, 5.74) is 8.09. The minimum Gasteiger partial charge on any atom is -0.497 e. The van der Waals surface area contributed by atoms with Crippen molar-refractivity contribution >= 4 is 17.3 Å². The van der Waals surface area contributed by atoms with E-state index in [1.807, 2.05) is 30.3 Å². The molecule has 1 aliphatic heterocycles. The van der Waals surface area contributed by atoms with E-state index in [0.717, 1.165) is 50.6 Å². The first kappa shape index (κ1) is 22.6. The molecule has 8 nitrogen and oxygen atoms in total. The van der Waals surface area contributed by atoms with Gasteiger partial charge in [-0.25, -0.2) is 0 Å². The Balaban J connectivity index is 1.38. The Kier molecular flexibility index (Phi) is 8.23. The molecule has 0 aliphatic carbocycles. The molecule has 0 spiro atoms. The summed E-state index contributed by atoms with van der Waals surface area (Å²) >= 11 is 0. The van der Waals surface area contributed by atoms with Crippen LogP contribution < -0.4 is 30.2 Å². The summed E-state index contributed by atoms with van der Waals surface area (Å²) < 4.78 is 15.8. The number of benzene rings is 2. The molecule has 0 bridgehead atoms. The summed E-state index contributed by atoms with van der Waals surface area (Å²) in [4.78, 5) is 9.34. The molecule has 0 amide bonds. The Hall–Kier alpha value is -3.13. The predicted octanol–water partition coefficient (Wildman–Crippen LogP) is 2.65. The molecule has 3 N–H and O–H groups in total. The van der Waals surface area contributed by atoms with Gasteiger partial charge in [0.25, 0.3) is 0 Å². The summed E-state index contributed by atoms with van der Waals surface area (Å²) in [5, 5.41) is 3.10. The van der Waals surface area contributed by atoms with E-state index in [1.54, 1.807) is 21.3 Å². The molecule has 0 radical (unpaired) electrons. The van der Waals surface area contributed by atoms with Crippen LogP contribution in [0.1, 0.15) is 6.42 Å². The molecular weight excluding hydrogens is 394 g/mol. The lowest BCUT2D eigenvalue weighted by Gasteiger charge is -2.36. The number of ether oxygens (including phenoxy) is 3. The van der Waals surface area contributed by atoms with Crippen LogP contribution in [0.25, 0.3) is 0 Å². The molecule has 1 fully saturated rings. The average molecular weight is 428 g/mol. The number of nitrogens with one attached hydrogen (secondary N) is 1. The van der Waals surface area contributed by atoms with Gasteiger partial charge in [0.05, 0.1) is 21.3 Å². The SMILES string of the molecule is COc1ccc(N2CCN(CCCN=C(N)Nc3ccc(OC)c(OC)c3)CC2)cc1. The molecule has 0 atom stereocenters. The predicted molar refractivity (Wildman–Crippen MR) is 126 cm³/mol. The number of methoxy groups -OCH3 is 3. The van der Waals surface area contributed by atoms with Gasteiger partial charge in [0.15, 0.2) is 17.5 Å². The monoisotopic (exact) mass is 427 g/mol. The summed E-state index contributed by atoms with van der Waals surface area (Å²) in [7, 11) is 4.91. The Morgan fingerprint density at radius 3 is 2.29 bits per heavy atom. The van der Waals surface area contributed by atoms with Gasteiger partial charge in [-0.2, -0.15) is 0 Å². The summed E-state index contributed by atoms with van der Waals surface area (Å²) in [6.07, 6.45) is 0.969. The minimum absolute atomic E-state index is 0.400. The van der Waals surface area contributed by atoms with E-state index in [-0.39, 0.29) is 0 Å². The standard InChI is InChI=1S/C23H33N5O3/c1-29-20-8-6-19(7-9-20)28-15-13-27(14-16-28)12-4-11-25-23(24)26-18-5-10-21(30-2)22(17-18)31-3/h5-10,17H,4,11-16H2,1-3H3,(H3,24,25,26). The second-order valence-electron chi connectivity index (χ2n) is 7.34. The Labute approximate surface area is 184 Å². The van der Waals surface area contributed by atoms with Crippen molar-refractivity contribution in [2.45, 2.75) is 6.42 Å². The van der Waals surface area contributed by atoms with Gasteiger partial charge in [-0.3, -0.25) is 9.89 Å². The van der Waals surface area contributed by atoms with Crippen LogP contribution in [0.15, 0.2) is 47.5 Å². The van der Waals surface area contributed by atoms with Gasteiger partial charge in [-0.05, 0) is 42.8 Å². The molecule has 2 aromatic rings. The lowest BCUT2D eigenvalue weighted by Crippen LogP contribution is -2.46. The number of guanidine groups is 1. The second kappa shape index (κ2) is 11.3. The molecule has 1 saturated heterocycles. The Morgan fingerprint density at radius 1 is 0.935 bits per heavy atom. The molecule has 3 rings (SSSR count). The van der Waals surface area contributed by atoms with Crippen LogP contribution in [0, 0.1) is 0 Å². The molecule has 0 unspecified atom stereocenters. The first-order chi connectivity index (χ1) is 15.1. The maximum atomic E-state index is 6.03. The lowest BCUT2D eigenvalue weighted by molar-refractivity contribution is 0.256. The highest BCUT2D eigenvalue weighted by atomic mass is 16.5. The maximum Gasteiger partial charge on any atom is 0.193 e. The van der Waals surface area contributed by atoms with E-state index in [0.29, 0.717) is 24.0 Å². The zero-order valence-electron chi connectivity index (χ0n) is 18.6. The fourth-order valence-corrected chi connectivity index (χ4v) is 3.62. The van der Waals surface area contributed by atoms with Gasteiger partial charge in [0.2, 0.25) is 0 Å². The van der Waals surface area contributed by atoms with Crippen LogP contribution in [0.3, 0.4) is 0 Å². The fourth-order valence-electron chi connectivity index (χ4n) is 3.62. The number of piperazine rings is 1. The van der Waals surface area contributed by atoms with Gasteiger partial charge >= 0.3 is 0 Å². The zero-order valence-corrected chi connectivity index (χ0v) is 18.6. The molecule has 31 heavy (non-hydrogen) atoms. The summed E-state index contributed by atoms with van der Waals surface area (Å²) in [5.74, 6) is 2.61. The molecule has 168 valence electrons. The van der Waals surface area contributed by atoms with E-state index in [1.165, 1.54) is 5.69 Å². The molecule has 1 heterocycles. The first-order valence-electron chi connectivity index (χ1n) is 10.5. The van der Waals surface area contributed by atoms with Crippen LogP contribution in [0.5, 0.6) is 17.2 Å². The van der Waals surface area contributed by atoms with Gasteiger partial charge < -0.3 is 30.2 Å². The van der Waals surface area contributed by atoms with E-state index in [9.17, 15) is 0 Å². The normalized spacial score (nSPS) is 14.9. The molecule has 1 aliphatic rings. The van der Waals surface area contributed by atoms with Crippen molar-refractivity contribution in [3.05, 3.63) is 42.5 Å². The van der Waals surface area contributed by atoms with E-state index in [2.05, 4.69) is 32.2 Å². The van der Waals surface area contributed by atoms with Crippen LogP contribution in [0.2, 0.25) is 0 Å². The zero-order chi connectivity index (χ0) is 22.1. The van der Waals surface area contributed by atoms with Crippen molar-refractivity contribution in [2.24, 2.45) is 10.7 Å². The van der Waals surface area contributed by atoms with Gasteiger partial charge in [-0.15, -0.1) is 0 Å². The number of hydrogen-bond acceptors (Lipinski definition) is 6. The topological polar surface area (TPSA) is 84.6 Å². The molecular formula is C23H33N5O3. The number of anilines is 2. The number of nitrogens with two attached hydrogens (primary N) is 1. The number of nitrogens with zero attached hydrogens (tertiary/aromatic N) is 3. The van der Waals surface area contributed by atoms with Crippen molar-refractivity contribution in [3.63, 3.8) is 0 Å². The third-order valence-corrected chi connectivity index (χ3v) is 5.38.